The Hall–Kier alpha value is -2.26. The van der Waals surface area contributed by atoms with Crippen LogP contribution in [0.3, 0.4) is 0 Å². The van der Waals surface area contributed by atoms with Crippen LogP contribution in [0.25, 0.3) is 0 Å². The van der Waals surface area contributed by atoms with Gasteiger partial charge in [-0.1, -0.05) is 55.8 Å². The Kier molecular flexibility index (Phi) is 8.18. The molecule has 1 aliphatic rings. The zero-order valence-corrected chi connectivity index (χ0v) is 18.0. The van der Waals surface area contributed by atoms with Crippen LogP contribution in [0.2, 0.25) is 0 Å². The lowest BCUT2D eigenvalue weighted by Crippen LogP contribution is -2.42. The maximum Gasteiger partial charge on any atom is 0.161 e. The number of hydrogen-bond acceptors (Lipinski definition) is 3. The summed E-state index contributed by atoms with van der Waals surface area (Å²) in [6, 6.07) is 17.1. The molecular weight excluding hydrogens is 358 g/mol. The van der Waals surface area contributed by atoms with Gasteiger partial charge >= 0.3 is 0 Å². The van der Waals surface area contributed by atoms with E-state index < -0.39 is 0 Å². The van der Waals surface area contributed by atoms with Gasteiger partial charge in [-0.15, -0.1) is 6.58 Å². The van der Waals surface area contributed by atoms with Crippen LogP contribution in [0, 0.1) is 5.92 Å². The number of piperidine rings is 1. The van der Waals surface area contributed by atoms with E-state index in [0.29, 0.717) is 18.4 Å². The van der Waals surface area contributed by atoms with Crippen molar-refractivity contribution < 1.29 is 9.47 Å². The summed E-state index contributed by atoms with van der Waals surface area (Å²) in [5, 5.41) is 0. The number of benzene rings is 2. The molecule has 0 unspecified atom stereocenters. The molecule has 0 spiro atoms. The van der Waals surface area contributed by atoms with Crippen LogP contribution in [-0.4, -0.2) is 38.3 Å². The monoisotopic (exact) mass is 393 g/mol. The van der Waals surface area contributed by atoms with Gasteiger partial charge in [0.2, 0.25) is 0 Å². The molecular formula is C26H35NO2. The molecule has 0 aromatic heterocycles. The van der Waals surface area contributed by atoms with Crippen molar-refractivity contribution in [3.8, 4) is 11.5 Å². The van der Waals surface area contributed by atoms with E-state index in [-0.39, 0.29) is 0 Å². The van der Waals surface area contributed by atoms with E-state index >= 15 is 0 Å². The van der Waals surface area contributed by atoms with E-state index in [1.54, 1.807) is 7.11 Å². The summed E-state index contributed by atoms with van der Waals surface area (Å²) in [6.07, 6.45) is 6.45. The molecule has 29 heavy (non-hydrogen) atoms. The second-order valence-electron chi connectivity index (χ2n) is 8.01. The average molecular weight is 394 g/mol. The van der Waals surface area contributed by atoms with Crippen LogP contribution in [0.4, 0.5) is 0 Å². The lowest BCUT2D eigenvalue weighted by Gasteiger charge is -2.39. The van der Waals surface area contributed by atoms with Gasteiger partial charge in [0, 0.05) is 12.5 Å². The summed E-state index contributed by atoms with van der Waals surface area (Å²) in [6.45, 7) is 10.2. The first kappa shape index (κ1) is 21.4. The highest BCUT2D eigenvalue weighted by Gasteiger charge is 2.30. The first-order valence-corrected chi connectivity index (χ1v) is 10.9. The third-order valence-corrected chi connectivity index (χ3v) is 5.93. The van der Waals surface area contributed by atoms with Crippen LogP contribution >= 0.6 is 0 Å². The minimum absolute atomic E-state index is 0.473. The molecule has 1 aliphatic heterocycles. The standard InChI is InChI=1S/C26H35NO2/c1-4-6-16-27-17-15-24(22-11-8-7-9-12-22)23(19-27)20-29-25-14-13-21(10-5-2)18-26(25)28-3/h5,7-9,11-14,18,23-24H,2,4,6,10,15-17,19-20H2,1,3H3/t23-,24-/m0/s1. The van der Waals surface area contributed by atoms with Crippen molar-refractivity contribution in [1.29, 1.82) is 0 Å². The Bertz CT molecular complexity index is 759. The van der Waals surface area contributed by atoms with E-state index in [1.807, 2.05) is 12.1 Å². The summed E-state index contributed by atoms with van der Waals surface area (Å²) < 4.78 is 11.9. The third kappa shape index (κ3) is 5.86. The average Bonchev–Trinajstić information content (AvgIpc) is 2.77. The number of nitrogens with zero attached hydrogens (tertiary/aromatic N) is 1. The number of rotatable bonds is 10. The lowest BCUT2D eigenvalue weighted by atomic mass is 9.81. The zero-order chi connectivity index (χ0) is 20.5. The van der Waals surface area contributed by atoms with Crippen molar-refractivity contribution in [3.05, 3.63) is 72.3 Å². The second-order valence-corrected chi connectivity index (χ2v) is 8.01. The number of methoxy groups -OCH3 is 1. The van der Waals surface area contributed by atoms with Gasteiger partial charge in [0.1, 0.15) is 0 Å². The molecule has 0 radical (unpaired) electrons. The number of likely N-dealkylation sites (tertiary alicyclic amines) is 1. The second kappa shape index (κ2) is 11.1. The van der Waals surface area contributed by atoms with Gasteiger partial charge in [-0.3, -0.25) is 0 Å². The van der Waals surface area contributed by atoms with Crippen molar-refractivity contribution in [2.24, 2.45) is 5.92 Å². The van der Waals surface area contributed by atoms with Crippen LogP contribution in [-0.2, 0) is 6.42 Å². The molecule has 1 saturated heterocycles. The van der Waals surface area contributed by atoms with Gasteiger partial charge in [0.15, 0.2) is 11.5 Å². The fourth-order valence-corrected chi connectivity index (χ4v) is 4.32. The minimum atomic E-state index is 0.473. The van der Waals surface area contributed by atoms with E-state index in [1.165, 1.54) is 43.5 Å². The summed E-state index contributed by atoms with van der Waals surface area (Å²) in [5.74, 6) is 2.65. The molecule has 2 atom stereocenters. The first-order valence-electron chi connectivity index (χ1n) is 10.9. The Labute approximate surface area is 176 Å². The van der Waals surface area contributed by atoms with Gasteiger partial charge < -0.3 is 14.4 Å². The van der Waals surface area contributed by atoms with Gasteiger partial charge in [0.25, 0.3) is 0 Å². The van der Waals surface area contributed by atoms with Gasteiger partial charge in [0.05, 0.1) is 13.7 Å². The summed E-state index contributed by atoms with van der Waals surface area (Å²) in [5.41, 5.74) is 2.62. The highest BCUT2D eigenvalue weighted by molar-refractivity contribution is 5.43. The maximum absolute atomic E-state index is 6.33. The number of hydrogen-bond donors (Lipinski definition) is 0. The van der Waals surface area contributed by atoms with Gasteiger partial charge in [-0.25, -0.2) is 0 Å². The van der Waals surface area contributed by atoms with Gasteiger partial charge in [-0.05, 0) is 61.5 Å². The number of allylic oxidation sites excluding steroid dienone is 1. The van der Waals surface area contributed by atoms with Crippen LogP contribution < -0.4 is 9.47 Å². The SMILES string of the molecule is C=CCc1ccc(OC[C@@H]2CN(CCCC)CC[C@H]2c2ccccc2)c(OC)c1. The fourth-order valence-electron chi connectivity index (χ4n) is 4.32. The molecule has 3 rings (SSSR count). The maximum atomic E-state index is 6.33. The normalized spacial score (nSPS) is 19.7. The lowest BCUT2D eigenvalue weighted by molar-refractivity contribution is 0.108. The Morgan fingerprint density at radius 3 is 2.69 bits per heavy atom. The van der Waals surface area contributed by atoms with Crippen molar-refractivity contribution in [1.82, 2.24) is 4.90 Å². The van der Waals surface area contributed by atoms with Crippen molar-refractivity contribution in [3.63, 3.8) is 0 Å². The molecule has 0 N–H and O–H groups in total. The number of ether oxygens (including phenoxy) is 2. The Balaban J connectivity index is 1.72. The molecule has 1 fully saturated rings. The molecule has 0 bridgehead atoms. The minimum Gasteiger partial charge on any atom is -0.493 e. The molecule has 0 aliphatic carbocycles. The summed E-state index contributed by atoms with van der Waals surface area (Å²) in [7, 11) is 1.71. The molecule has 156 valence electrons. The van der Waals surface area contributed by atoms with E-state index in [0.717, 1.165) is 24.5 Å². The quantitative estimate of drug-likeness (QED) is 0.483. The molecule has 2 aromatic rings. The smallest absolute Gasteiger partial charge is 0.161 e. The third-order valence-electron chi connectivity index (χ3n) is 5.93. The van der Waals surface area contributed by atoms with Crippen LogP contribution in [0.1, 0.15) is 43.2 Å². The predicted octanol–water partition coefficient (Wildman–Crippen LogP) is 5.71. The molecule has 3 heteroatoms. The van der Waals surface area contributed by atoms with Gasteiger partial charge in [-0.2, -0.15) is 0 Å². The molecule has 3 nitrogen and oxygen atoms in total. The first-order chi connectivity index (χ1) is 14.2. The molecule has 0 saturated carbocycles. The summed E-state index contributed by atoms with van der Waals surface area (Å²) >= 11 is 0. The highest BCUT2D eigenvalue weighted by Crippen LogP contribution is 2.35. The fraction of sp³-hybridized carbons (Fsp3) is 0.462. The van der Waals surface area contributed by atoms with E-state index in [9.17, 15) is 0 Å². The number of unbranched alkanes of at least 4 members (excludes halogenated alkanes) is 1. The molecule has 0 amide bonds. The Morgan fingerprint density at radius 2 is 1.97 bits per heavy atom. The Morgan fingerprint density at radius 1 is 1.14 bits per heavy atom. The van der Waals surface area contributed by atoms with Crippen LogP contribution in [0.5, 0.6) is 11.5 Å². The largest absolute Gasteiger partial charge is 0.493 e. The highest BCUT2D eigenvalue weighted by atomic mass is 16.5. The molecule has 2 aromatic carbocycles. The van der Waals surface area contributed by atoms with Crippen molar-refractivity contribution >= 4 is 0 Å². The van der Waals surface area contributed by atoms with Crippen molar-refractivity contribution in [2.45, 2.75) is 38.5 Å². The summed E-state index contributed by atoms with van der Waals surface area (Å²) in [4.78, 5) is 2.61. The van der Waals surface area contributed by atoms with Crippen LogP contribution in [0.15, 0.2) is 61.2 Å². The predicted molar refractivity (Wildman–Crippen MR) is 121 cm³/mol. The molecule has 1 heterocycles. The van der Waals surface area contributed by atoms with E-state index in [2.05, 4.69) is 60.9 Å². The van der Waals surface area contributed by atoms with E-state index in [4.69, 9.17) is 9.47 Å². The topological polar surface area (TPSA) is 21.7 Å². The zero-order valence-electron chi connectivity index (χ0n) is 18.0. The van der Waals surface area contributed by atoms with Crippen molar-refractivity contribution in [2.75, 3.05) is 33.4 Å².